The molecule has 0 saturated heterocycles. The second kappa shape index (κ2) is 3.26. The van der Waals surface area contributed by atoms with Crippen LogP contribution in [0.3, 0.4) is 0 Å². The molecule has 0 atom stereocenters. The number of hydrogen-bond acceptors (Lipinski definition) is 2. The van der Waals surface area contributed by atoms with Crippen molar-refractivity contribution in [2.45, 2.75) is 0 Å². The first-order chi connectivity index (χ1) is 6.33. The van der Waals surface area contributed by atoms with Gasteiger partial charge in [-0.2, -0.15) is 0 Å². The zero-order valence-electron chi connectivity index (χ0n) is 6.70. The molecule has 0 spiro atoms. The minimum absolute atomic E-state index is 0.477. The van der Waals surface area contributed by atoms with Crippen LogP contribution in [0, 0.1) is 0 Å². The van der Waals surface area contributed by atoms with Crippen molar-refractivity contribution >= 4 is 33.0 Å². The summed E-state index contributed by atoms with van der Waals surface area (Å²) < 4.78 is 0.903. The Hall–Kier alpha value is -1.22. The van der Waals surface area contributed by atoms with Crippen LogP contribution in [0.1, 0.15) is 10.5 Å². The van der Waals surface area contributed by atoms with Crippen LogP contribution in [0.15, 0.2) is 34.9 Å². The van der Waals surface area contributed by atoms with Crippen molar-refractivity contribution in [1.29, 1.82) is 0 Å². The number of nitrogens with zero attached hydrogens (tertiary/aromatic N) is 1. The lowest BCUT2D eigenvalue weighted by Crippen LogP contribution is -1.88. The van der Waals surface area contributed by atoms with Gasteiger partial charge in [-0.1, -0.05) is 28.1 Å². The van der Waals surface area contributed by atoms with E-state index < -0.39 is 0 Å². The third-order valence-corrected chi connectivity index (χ3v) is 2.54. The van der Waals surface area contributed by atoms with E-state index in [9.17, 15) is 4.79 Å². The Morgan fingerprint density at radius 3 is 2.92 bits per heavy atom. The molecule has 13 heavy (non-hydrogen) atoms. The van der Waals surface area contributed by atoms with Gasteiger partial charge in [-0.3, -0.25) is 9.78 Å². The molecule has 1 heterocycles. The van der Waals surface area contributed by atoms with Crippen LogP contribution in [-0.2, 0) is 0 Å². The van der Waals surface area contributed by atoms with E-state index >= 15 is 0 Å². The average molecular weight is 236 g/mol. The van der Waals surface area contributed by atoms with Gasteiger partial charge in [-0.05, 0) is 17.5 Å². The number of carbonyl (C=O) groups excluding carboxylic acids is 1. The topological polar surface area (TPSA) is 30.0 Å². The molecule has 2 aromatic rings. The highest BCUT2D eigenvalue weighted by atomic mass is 79.9. The Kier molecular flexibility index (Phi) is 2.10. The predicted molar refractivity (Wildman–Crippen MR) is 54.8 cm³/mol. The van der Waals surface area contributed by atoms with Crippen molar-refractivity contribution in [3.8, 4) is 0 Å². The molecule has 0 bridgehead atoms. The Bertz CT molecular complexity index is 462. The fourth-order valence-electron chi connectivity index (χ4n) is 1.30. The lowest BCUT2D eigenvalue weighted by molar-refractivity contribution is 0.112. The number of benzene rings is 1. The number of aldehydes is 1. The van der Waals surface area contributed by atoms with Gasteiger partial charge < -0.3 is 0 Å². The summed E-state index contributed by atoms with van der Waals surface area (Å²) in [5, 5.41) is 1.89. The van der Waals surface area contributed by atoms with E-state index in [4.69, 9.17) is 0 Å². The highest BCUT2D eigenvalue weighted by Crippen LogP contribution is 2.24. The average Bonchev–Trinajstić information content (AvgIpc) is 2.17. The predicted octanol–water partition coefficient (Wildman–Crippen LogP) is 2.81. The van der Waals surface area contributed by atoms with E-state index in [0.717, 1.165) is 21.5 Å². The molecule has 0 aliphatic carbocycles. The molecule has 64 valence electrons. The molecular formula is C10H6BrNO. The van der Waals surface area contributed by atoms with Crippen molar-refractivity contribution < 1.29 is 4.79 Å². The lowest BCUT2D eigenvalue weighted by atomic mass is 10.1. The number of halogens is 1. The molecule has 3 heteroatoms. The number of pyridine rings is 1. The minimum atomic E-state index is 0.477. The smallest absolute Gasteiger partial charge is 0.169 e. The van der Waals surface area contributed by atoms with Gasteiger partial charge in [0.25, 0.3) is 0 Å². The summed E-state index contributed by atoms with van der Waals surface area (Å²) in [5.41, 5.74) is 0.477. The zero-order valence-corrected chi connectivity index (χ0v) is 8.28. The summed E-state index contributed by atoms with van der Waals surface area (Å²) in [6.45, 7) is 0. The van der Waals surface area contributed by atoms with E-state index in [1.165, 1.54) is 0 Å². The van der Waals surface area contributed by atoms with Crippen LogP contribution in [0.25, 0.3) is 10.8 Å². The number of rotatable bonds is 1. The fourth-order valence-corrected chi connectivity index (χ4v) is 1.89. The van der Waals surface area contributed by atoms with Gasteiger partial charge in [0, 0.05) is 16.1 Å². The van der Waals surface area contributed by atoms with Gasteiger partial charge in [0.1, 0.15) is 5.69 Å². The Morgan fingerprint density at radius 1 is 1.31 bits per heavy atom. The van der Waals surface area contributed by atoms with Crippen molar-refractivity contribution in [2.24, 2.45) is 0 Å². The van der Waals surface area contributed by atoms with Gasteiger partial charge in [-0.15, -0.1) is 0 Å². The van der Waals surface area contributed by atoms with Crippen molar-refractivity contribution in [3.05, 3.63) is 40.6 Å². The standard InChI is InChI=1S/C10H6BrNO/c11-8-3-1-2-7-4-5-12-9(6-13)10(7)8/h1-6H. The molecule has 0 fully saturated rings. The summed E-state index contributed by atoms with van der Waals surface area (Å²) in [6.07, 6.45) is 2.41. The Labute approximate surface area is 83.7 Å². The summed E-state index contributed by atoms with van der Waals surface area (Å²) in [6, 6.07) is 7.67. The maximum atomic E-state index is 10.7. The first kappa shape index (κ1) is 8.38. The summed E-state index contributed by atoms with van der Waals surface area (Å²) in [4.78, 5) is 14.7. The van der Waals surface area contributed by atoms with E-state index in [1.54, 1.807) is 6.20 Å². The van der Waals surface area contributed by atoms with E-state index in [2.05, 4.69) is 20.9 Å². The van der Waals surface area contributed by atoms with Crippen LogP contribution in [-0.4, -0.2) is 11.3 Å². The maximum Gasteiger partial charge on any atom is 0.169 e. The van der Waals surface area contributed by atoms with Crippen LogP contribution in [0.2, 0.25) is 0 Å². The number of fused-ring (bicyclic) bond motifs is 1. The van der Waals surface area contributed by atoms with E-state index in [-0.39, 0.29) is 0 Å². The molecule has 0 aliphatic rings. The van der Waals surface area contributed by atoms with E-state index in [0.29, 0.717) is 5.69 Å². The maximum absolute atomic E-state index is 10.7. The molecule has 2 nitrogen and oxygen atoms in total. The molecule has 2 rings (SSSR count). The number of carbonyl (C=O) groups is 1. The van der Waals surface area contributed by atoms with Gasteiger partial charge in [0.2, 0.25) is 0 Å². The second-order valence-electron chi connectivity index (χ2n) is 2.65. The highest BCUT2D eigenvalue weighted by Gasteiger charge is 2.03. The first-order valence-corrected chi connectivity index (χ1v) is 4.60. The van der Waals surface area contributed by atoms with Crippen LogP contribution >= 0.6 is 15.9 Å². The second-order valence-corrected chi connectivity index (χ2v) is 3.51. The molecule has 1 aromatic heterocycles. The molecule has 0 radical (unpaired) electrons. The summed E-state index contributed by atoms with van der Waals surface area (Å²) in [5.74, 6) is 0. The van der Waals surface area contributed by atoms with Crippen LogP contribution in [0.5, 0.6) is 0 Å². The molecule has 1 aromatic carbocycles. The molecule has 0 N–H and O–H groups in total. The summed E-state index contributed by atoms with van der Waals surface area (Å²) >= 11 is 3.39. The molecule has 0 saturated carbocycles. The monoisotopic (exact) mass is 235 g/mol. The lowest BCUT2D eigenvalue weighted by Gasteiger charge is -2.01. The fraction of sp³-hybridized carbons (Fsp3) is 0. The van der Waals surface area contributed by atoms with Crippen LogP contribution < -0.4 is 0 Å². The van der Waals surface area contributed by atoms with Crippen molar-refractivity contribution in [1.82, 2.24) is 4.98 Å². The molecule has 0 unspecified atom stereocenters. The quantitative estimate of drug-likeness (QED) is 0.712. The first-order valence-electron chi connectivity index (χ1n) is 3.81. The largest absolute Gasteiger partial charge is 0.296 e. The number of hydrogen-bond donors (Lipinski definition) is 0. The van der Waals surface area contributed by atoms with E-state index in [1.807, 2.05) is 24.3 Å². The number of aromatic nitrogens is 1. The van der Waals surface area contributed by atoms with Crippen LogP contribution in [0.4, 0.5) is 0 Å². The van der Waals surface area contributed by atoms with Crippen molar-refractivity contribution in [2.75, 3.05) is 0 Å². The third-order valence-electron chi connectivity index (χ3n) is 1.88. The van der Waals surface area contributed by atoms with Crippen molar-refractivity contribution in [3.63, 3.8) is 0 Å². The van der Waals surface area contributed by atoms with Gasteiger partial charge in [-0.25, -0.2) is 0 Å². The summed E-state index contributed by atoms with van der Waals surface area (Å²) in [7, 11) is 0. The highest BCUT2D eigenvalue weighted by molar-refractivity contribution is 9.10. The minimum Gasteiger partial charge on any atom is -0.296 e. The Morgan fingerprint density at radius 2 is 2.15 bits per heavy atom. The van der Waals surface area contributed by atoms with Gasteiger partial charge in [0.15, 0.2) is 6.29 Å². The van der Waals surface area contributed by atoms with Gasteiger partial charge >= 0.3 is 0 Å². The SMILES string of the molecule is O=Cc1nccc2cccc(Br)c12. The zero-order chi connectivity index (χ0) is 9.26. The van der Waals surface area contributed by atoms with Gasteiger partial charge in [0.05, 0.1) is 0 Å². The molecule has 0 amide bonds. The Balaban J connectivity index is 2.94. The normalized spacial score (nSPS) is 10.2. The third kappa shape index (κ3) is 1.35. The molecule has 0 aliphatic heterocycles. The molecular weight excluding hydrogens is 230 g/mol.